The lowest BCUT2D eigenvalue weighted by Gasteiger charge is -2.36. The van der Waals surface area contributed by atoms with Gasteiger partial charge in [-0.2, -0.15) is 52.7 Å². The number of halogens is 13. The number of alkyl halides is 12. The summed E-state index contributed by atoms with van der Waals surface area (Å²) in [5.74, 6) is -11.0. The molecule has 1 unspecified atom stereocenters. The lowest BCUT2D eigenvalue weighted by Crippen LogP contribution is -2.59. The minimum atomic E-state index is -7.27. The first-order valence-corrected chi connectivity index (χ1v) is 9.71. The zero-order chi connectivity index (χ0) is 29.6. The van der Waals surface area contributed by atoms with E-state index in [1.165, 1.54) is 5.32 Å². The molecule has 0 aliphatic carbocycles. The Kier molecular flexibility index (Phi) is 7.75. The third-order valence-corrected chi connectivity index (χ3v) is 5.14. The number of hydrogen-bond acceptors (Lipinski definition) is 3. The number of aryl methyl sites for hydroxylation is 1. The molecule has 1 N–H and O–H groups in total. The molecule has 0 aromatic heterocycles. The van der Waals surface area contributed by atoms with Crippen LogP contribution in [0.3, 0.4) is 0 Å². The zero-order valence-electron chi connectivity index (χ0n) is 18.2. The van der Waals surface area contributed by atoms with Gasteiger partial charge in [-0.1, -0.05) is 13.0 Å². The molecule has 0 spiro atoms. The molecule has 2 rings (SSSR count). The summed E-state index contributed by atoms with van der Waals surface area (Å²) < 4.78 is 176. The van der Waals surface area contributed by atoms with E-state index in [1.807, 2.05) is 0 Å². The van der Waals surface area contributed by atoms with Crippen molar-refractivity contribution in [2.45, 2.75) is 43.5 Å². The van der Waals surface area contributed by atoms with Crippen LogP contribution in [-0.2, 0) is 18.3 Å². The summed E-state index contributed by atoms with van der Waals surface area (Å²) in [5.41, 5.74) is -17.3. The van der Waals surface area contributed by atoms with Crippen LogP contribution in [0.5, 0.6) is 0 Å². The van der Waals surface area contributed by atoms with Crippen molar-refractivity contribution < 1.29 is 66.8 Å². The van der Waals surface area contributed by atoms with Crippen molar-refractivity contribution in [1.29, 1.82) is 0 Å². The van der Waals surface area contributed by atoms with Crippen molar-refractivity contribution in [3.8, 4) is 0 Å². The van der Waals surface area contributed by atoms with Crippen LogP contribution in [-0.4, -0.2) is 29.1 Å². The van der Waals surface area contributed by atoms with Crippen LogP contribution in [0, 0.1) is 15.9 Å². The summed E-state index contributed by atoms with van der Waals surface area (Å²) in [5, 5.41) is 12.2. The number of amides is 1. The second-order valence-corrected chi connectivity index (χ2v) is 7.49. The van der Waals surface area contributed by atoms with Gasteiger partial charge >= 0.3 is 35.8 Å². The van der Waals surface area contributed by atoms with Crippen LogP contribution in [0.15, 0.2) is 30.3 Å². The summed E-state index contributed by atoms with van der Waals surface area (Å²) >= 11 is 0. The SMILES string of the molecule is CCc1cc(C(F)(C(F)(F)F)C(F)(F)C(F)(F)F)cc(C(F)(F)F)c1NC(=O)c1cccc([N+](=O)[O-])c1F. The van der Waals surface area contributed by atoms with Crippen LogP contribution >= 0.6 is 0 Å². The van der Waals surface area contributed by atoms with Crippen molar-refractivity contribution >= 4 is 17.3 Å². The second kappa shape index (κ2) is 9.61. The van der Waals surface area contributed by atoms with E-state index in [0.717, 1.165) is 13.0 Å². The topological polar surface area (TPSA) is 72.2 Å². The third-order valence-electron chi connectivity index (χ3n) is 5.14. The third kappa shape index (κ3) is 5.07. The number of anilines is 1. The summed E-state index contributed by atoms with van der Waals surface area (Å²) in [6.07, 6.45) is -21.1. The lowest BCUT2D eigenvalue weighted by atomic mass is 9.84. The molecule has 0 fully saturated rings. The quantitative estimate of drug-likeness (QED) is 0.221. The van der Waals surface area contributed by atoms with Crippen molar-refractivity contribution in [3.63, 3.8) is 0 Å². The normalized spacial score (nSPS) is 14.7. The van der Waals surface area contributed by atoms with Gasteiger partial charge in [0.1, 0.15) is 0 Å². The number of benzene rings is 2. The lowest BCUT2D eigenvalue weighted by molar-refractivity contribution is -0.389. The molecule has 0 aliphatic heterocycles. The molecule has 2 aromatic rings. The van der Waals surface area contributed by atoms with E-state index in [0.29, 0.717) is 12.1 Å². The summed E-state index contributed by atoms with van der Waals surface area (Å²) in [4.78, 5) is 21.9. The first-order chi connectivity index (χ1) is 17.0. The van der Waals surface area contributed by atoms with E-state index in [2.05, 4.69) is 0 Å². The monoisotopic (exact) mass is 574 g/mol. The number of nitro benzene ring substituents is 1. The second-order valence-electron chi connectivity index (χ2n) is 7.49. The molecule has 210 valence electrons. The fourth-order valence-corrected chi connectivity index (χ4v) is 3.29. The van der Waals surface area contributed by atoms with Gasteiger partial charge in [0.15, 0.2) is 0 Å². The van der Waals surface area contributed by atoms with Crippen LogP contribution in [0.1, 0.15) is 34.0 Å². The number of nitrogens with one attached hydrogen (secondary N) is 1. The predicted octanol–water partition coefficient (Wildman–Crippen LogP) is 7.49. The average Bonchev–Trinajstić information content (AvgIpc) is 2.75. The van der Waals surface area contributed by atoms with Gasteiger partial charge in [0.2, 0.25) is 5.82 Å². The first kappa shape index (κ1) is 30.6. The maximum Gasteiger partial charge on any atom is 0.457 e. The van der Waals surface area contributed by atoms with Crippen molar-refractivity contribution in [2.24, 2.45) is 0 Å². The highest BCUT2D eigenvalue weighted by Gasteiger charge is 2.81. The highest BCUT2D eigenvalue weighted by molar-refractivity contribution is 6.05. The summed E-state index contributed by atoms with van der Waals surface area (Å²) in [6, 6.07) is 0.488. The van der Waals surface area contributed by atoms with Gasteiger partial charge in [0.05, 0.1) is 21.7 Å². The van der Waals surface area contributed by atoms with Crippen LogP contribution in [0.2, 0.25) is 0 Å². The van der Waals surface area contributed by atoms with E-state index >= 15 is 0 Å². The minimum Gasteiger partial charge on any atom is -0.321 e. The molecule has 1 amide bonds. The molecule has 0 saturated heterocycles. The molecular formula is C20H11F13N2O3. The standard InChI is InChI=1S/C20H11F13N2O3/c1-2-8-6-9(16(22,19(28,29)30)18(26,27)20(31,32)33)7-11(17(23,24)25)14(8)34-15(36)10-4-3-5-12(13(10)21)35(37)38/h3-7H,2H2,1H3,(H,34,36). The number of rotatable bonds is 6. The fraction of sp³-hybridized carbons (Fsp3) is 0.350. The van der Waals surface area contributed by atoms with Crippen LogP contribution < -0.4 is 5.32 Å². The number of carbonyl (C=O) groups is 1. The number of nitro groups is 1. The van der Waals surface area contributed by atoms with Crippen molar-refractivity contribution in [3.05, 3.63) is 68.5 Å². The number of hydrogen-bond donors (Lipinski definition) is 1. The summed E-state index contributed by atoms with van der Waals surface area (Å²) in [7, 11) is 0. The predicted molar refractivity (Wildman–Crippen MR) is 102 cm³/mol. The highest BCUT2D eigenvalue weighted by atomic mass is 19.4. The Balaban J connectivity index is 2.86. The Labute approximate surface area is 202 Å². The zero-order valence-corrected chi connectivity index (χ0v) is 18.2. The van der Waals surface area contributed by atoms with E-state index in [1.54, 1.807) is 0 Å². The largest absolute Gasteiger partial charge is 0.457 e. The van der Waals surface area contributed by atoms with Gasteiger partial charge < -0.3 is 5.32 Å². The van der Waals surface area contributed by atoms with Gasteiger partial charge in [-0.15, -0.1) is 0 Å². The Morgan fingerprint density at radius 1 is 0.921 bits per heavy atom. The van der Waals surface area contributed by atoms with Crippen LogP contribution in [0.4, 0.5) is 68.5 Å². The Bertz CT molecular complexity index is 1250. The molecule has 0 heterocycles. The van der Waals surface area contributed by atoms with Crippen LogP contribution in [0.25, 0.3) is 0 Å². The van der Waals surface area contributed by atoms with E-state index in [-0.39, 0.29) is 6.07 Å². The van der Waals surface area contributed by atoms with Gasteiger partial charge in [-0.05, 0) is 30.2 Å². The molecule has 0 bridgehead atoms. The van der Waals surface area contributed by atoms with Gasteiger partial charge in [-0.25, -0.2) is 4.39 Å². The molecule has 5 nitrogen and oxygen atoms in total. The fourth-order valence-electron chi connectivity index (χ4n) is 3.29. The first-order valence-electron chi connectivity index (χ1n) is 9.71. The van der Waals surface area contributed by atoms with Gasteiger partial charge in [0, 0.05) is 11.6 Å². The molecule has 38 heavy (non-hydrogen) atoms. The Morgan fingerprint density at radius 3 is 1.89 bits per heavy atom. The molecule has 0 saturated carbocycles. The molecule has 1 atom stereocenters. The maximum atomic E-state index is 14.9. The minimum absolute atomic E-state index is 0.387. The molecule has 0 radical (unpaired) electrons. The van der Waals surface area contributed by atoms with Gasteiger partial charge in [-0.3, -0.25) is 14.9 Å². The molecule has 0 aliphatic rings. The van der Waals surface area contributed by atoms with E-state index in [9.17, 15) is 72.0 Å². The number of carbonyl (C=O) groups excluding carboxylic acids is 1. The van der Waals surface area contributed by atoms with E-state index < -0.39 is 92.9 Å². The Morgan fingerprint density at radius 2 is 1.47 bits per heavy atom. The average molecular weight is 574 g/mol. The molecule has 18 heteroatoms. The smallest absolute Gasteiger partial charge is 0.321 e. The Hall–Kier alpha value is -3.60. The molecule has 2 aromatic carbocycles. The van der Waals surface area contributed by atoms with E-state index in [4.69, 9.17) is 0 Å². The van der Waals surface area contributed by atoms with Gasteiger partial charge in [0.25, 0.3) is 5.91 Å². The summed E-state index contributed by atoms with van der Waals surface area (Å²) in [6.45, 7) is 0.859. The van der Waals surface area contributed by atoms with Crippen molar-refractivity contribution in [1.82, 2.24) is 0 Å². The highest BCUT2D eigenvalue weighted by Crippen LogP contribution is 2.59. The molecular weight excluding hydrogens is 563 g/mol. The van der Waals surface area contributed by atoms with Crippen molar-refractivity contribution in [2.75, 3.05) is 5.32 Å². The maximum absolute atomic E-state index is 14.9. The number of nitrogens with zero attached hydrogens (tertiary/aromatic N) is 1.